The number of anilines is 1. The van der Waals surface area contributed by atoms with E-state index in [1.54, 1.807) is 23.9 Å². The summed E-state index contributed by atoms with van der Waals surface area (Å²) in [6.45, 7) is 0.638. The molecule has 3 nitrogen and oxygen atoms in total. The first-order valence-electron chi connectivity index (χ1n) is 6.00. The van der Waals surface area contributed by atoms with Crippen LogP contribution in [0.2, 0.25) is 0 Å². The van der Waals surface area contributed by atoms with Crippen LogP contribution in [0.25, 0.3) is 0 Å². The van der Waals surface area contributed by atoms with Crippen molar-refractivity contribution >= 4 is 39.3 Å². The molecule has 2 aromatic rings. The third-order valence-electron chi connectivity index (χ3n) is 2.87. The van der Waals surface area contributed by atoms with Crippen molar-refractivity contribution in [1.82, 2.24) is 0 Å². The zero-order valence-electron chi connectivity index (χ0n) is 10.9. The van der Waals surface area contributed by atoms with Crippen molar-refractivity contribution < 1.29 is 9.90 Å². The average Bonchev–Trinajstić information content (AvgIpc) is 2.46. The van der Waals surface area contributed by atoms with Gasteiger partial charge in [-0.3, -0.25) is 0 Å². The summed E-state index contributed by atoms with van der Waals surface area (Å²) < 4.78 is 0.797. The highest BCUT2D eigenvalue weighted by Crippen LogP contribution is 2.21. The van der Waals surface area contributed by atoms with Gasteiger partial charge in [-0.2, -0.15) is 0 Å². The summed E-state index contributed by atoms with van der Waals surface area (Å²) in [7, 11) is 0. The highest BCUT2D eigenvalue weighted by Gasteiger charge is 2.06. The number of halogens is 1. The van der Waals surface area contributed by atoms with E-state index < -0.39 is 5.97 Å². The molecule has 0 spiro atoms. The van der Waals surface area contributed by atoms with E-state index in [-0.39, 0.29) is 5.56 Å². The predicted octanol–water partition coefficient (Wildman–Crippen LogP) is 4.48. The molecule has 0 fully saturated rings. The monoisotopic (exact) mass is 351 g/mol. The summed E-state index contributed by atoms with van der Waals surface area (Å²) in [4.78, 5) is 12.1. The Kier molecular flexibility index (Phi) is 5.09. The van der Waals surface area contributed by atoms with Gasteiger partial charge in [0.1, 0.15) is 0 Å². The molecular weight excluding hydrogens is 338 g/mol. The van der Waals surface area contributed by atoms with Crippen molar-refractivity contribution in [2.75, 3.05) is 11.6 Å². The van der Waals surface area contributed by atoms with Crippen molar-refractivity contribution in [3.05, 3.63) is 58.1 Å². The molecule has 2 rings (SSSR count). The molecule has 0 aliphatic rings. The van der Waals surface area contributed by atoms with Gasteiger partial charge in [-0.15, -0.1) is 11.8 Å². The number of carboxylic acids is 1. The smallest absolute Gasteiger partial charge is 0.335 e. The van der Waals surface area contributed by atoms with E-state index in [0.29, 0.717) is 6.54 Å². The Hall–Kier alpha value is -1.46. The molecule has 0 atom stereocenters. The van der Waals surface area contributed by atoms with Gasteiger partial charge >= 0.3 is 5.97 Å². The van der Waals surface area contributed by atoms with Crippen LogP contribution in [-0.4, -0.2) is 17.3 Å². The lowest BCUT2D eigenvalue weighted by Gasteiger charge is -2.09. The average molecular weight is 352 g/mol. The van der Waals surface area contributed by atoms with Gasteiger partial charge in [-0.25, -0.2) is 4.79 Å². The molecule has 0 saturated carbocycles. The Labute approximate surface area is 130 Å². The molecule has 104 valence electrons. The van der Waals surface area contributed by atoms with E-state index >= 15 is 0 Å². The first-order chi connectivity index (χ1) is 9.60. The van der Waals surface area contributed by atoms with E-state index in [0.717, 1.165) is 15.7 Å². The van der Waals surface area contributed by atoms with Gasteiger partial charge in [0, 0.05) is 21.6 Å². The van der Waals surface area contributed by atoms with Gasteiger partial charge in [0.25, 0.3) is 0 Å². The number of thioether (sulfide) groups is 1. The summed E-state index contributed by atoms with van der Waals surface area (Å²) in [6, 6.07) is 13.2. The quantitative estimate of drug-likeness (QED) is 0.779. The van der Waals surface area contributed by atoms with Crippen LogP contribution in [0.1, 0.15) is 15.9 Å². The van der Waals surface area contributed by atoms with Crippen LogP contribution in [0.4, 0.5) is 5.69 Å². The van der Waals surface area contributed by atoms with Crippen LogP contribution in [0.15, 0.2) is 51.8 Å². The second kappa shape index (κ2) is 6.81. The Morgan fingerprint density at radius 2 is 1.95 bits per heavy atom. The number of aromatic carboxylic acids is 1. The van der Waals surface area contributed by atoms with Crippen molar-refractivity contribution in [2.24, 2.45) is 0 Å². The van der Waals surface area contributed by atoms with Crippen LogP contribution in [-0.2, 0) is 6.54 Å². The van der Waals surface area contributed by atoms with E-state index in [9.17, 15) is 4.79 Å². The molecule has 0 aliphatic heterocycles. The number of rotatable bonds is 5. The Balaban J connectivity index is 2.04. The fourth-order valence-corrected chi connectivity index (χ4v) is 2.66. The first kappa shape index (κ1) is 14.9. The molecule has 20 heavy (non-hydrogen) atoms. The Morgan fingerprint density at radius 3 is 2.50 bits per heavy atom. The number of carbonyl (C=O) groups is 1. The van der Waals surface area contributed by atoms with Gasteiger partial charge < -0.3 is 10.4 Å². The number of nitrogens with one attached hydrogen (secondary N) is 1. The van der Waals surface area contributed by atoms with Gasteiger partial charge in [-0.1, -0.05) is 22.0 Å². The Morgan fingerprint density at radius 1 is 1.25 bits per heavy atom. The number of hydrogen-bond acceptors (Lipinski definition) is 3. The maximum atomic E-state index is 10.9. The minimum atomic E-state index is -0.919. The van der Waals surface area contributed by atoms with Crippen LogP contribution in [0.3, 0.4) is 0 Å². The maximum absolute atomic E-state index is 10.9. The van der Waals surface area contributed by atoms with Crippen LogP contribution in [0.5, 0.6) is 0 Å². The van der Waals surface area contributed by atoms with Gasteiger partial charge in [-0.05, 0) is 48.2 Å². The fourth-order valence-electron chi connectivity index (χ4n) is 1.73. The Bertz CT molecular complexity index is 614. The van der Waals surface area contributed by atoms with Gasteiger partial charge in [0.2, 0.25) is 0 Å². The molecule has 0 aliphatic carbocycles. The minimum absolute atomic E-state index is 0.282. The number of benzene rings is 2. The lowest BCUT2D eigenvalue weighted by atomic mass is 10.1. The molecule has 0 bridgehead atoms. The largest absolute Gasteiger partial charge is 0.478 e. The first-order valence-corrected chi connectivity index (χ1v) is 8.01. The molecule has 2 N–H and O–H groups in total. The normalized spacial score (nSPS) is 10.3. The zero-order chi connectivity index (χ0) is 14.5. The van der Waals surface area contributed by atoms with Crippen LogP contribution >= 0.6 is 27.7 Å². The van der Waals surface area contributed by atoms with Crippen LogP contribution in [0, 0.1) is 0 Å². The summed E-state index contributed by atoms with van der Waals surface area (Å²) >= 11 is 5.11. The summed E-state index contributed by atoms with van der Waals surface area (Å²) in [6.07, 6.45) is 2.05. The maximum Gasteiger partial charge on any atom is 0.335 e. The van der Waals surface area contributed by atoms with E-state index in [1.165, 1.54) is 4.90 Å². The number of hydrogen-bond donors (Lipinski definition) is 2. The highest BCUT2D eigenvalue weighted by atomic mass is 79.9. The van der Waals surface area contributed by atoms with Gasteiger partial charge in [0.05, 0.1) is 5.56 Å². The summed E-state index contributed by atoms with van der Waals surface area (Å²) in [5.41, 5.74) is 2.34. The fraction of sp³-hybridized carbons (Fsp3) is 0.133. The second-order valence-corrected chi connectivity index (χ2v) is 5.93. The summed E-state index contributed by atoms with van der Waals surface area (Å²) in [5, 5.41) is 12.2. The molecule has 0 saturated heterocycles. The molecule has 0 radical (unpaired) electrons. The third-order valence-corrected chi connectivity index (χ3v) is 4.35. The van der Waals surface area contributed by atoms with Crippen LogP contribution < -0.4 is 5.32 Å². The summed E-state index contributed by atoms with van der Waals surface area (Å²) in [5.74, 6) is -0.919. The van der Waals surface area contributed by atoms with Crippen molar-refractivity contribution in [3.8, 4) is 0 Å². The lowest BCUT2D eigenvalue weighted by molar-refractivity contribution is 0.0697. The van der Waals surface area contributed by atoms with Gasteiger partial charge in [0.15, 0.2) is 0 Å². The molecule has 0 aromatic heterocycles. The van der Waals surface area contributed by atoms with E-state index in [2.05, 4.69) is 33.4 Å². The van der Waals surface area contributed by atoms with Crippen molar-refractivity contribution in [2.45, 2.75) is 11.4 Å². The lowest BCUT2D eigenvalue weighted by Crippen LogP contribution is -2.02. The molecule has 0 heterocycles. The molecule has 0 amide bonds. The molecule has 5 heteroatoms. The zero-order valence-corrected chi connectivity index (χ0v) is 13.3. The minimum Gasteiger partial charge on any atom is -0.478 e. The topological polar surface area (TPSA) is 49.3 Å². The molecule has 0 unspecified atom stereocenters. The van der Waals surface area contributed by atoms with E-state index in [4.69, 9.17) is 5.11 Å². The SMILES string of the molecule is CSc1ccc(NCc2ccc(C(=O)O)cc2Br)cc1. The van der Waals surface area contributed by atoms with Crippen molar-refractivity contribution in [1.29, 1.82) is 0 Å². The standard InChI is InChI=1S/C15H14BrNO2S/c1-20-13-6-4-12(5-7-13)17-9-11-3-2-10(15(18)19)8-14(11)16/h2-8,17H,9H2,1H3,(H,18,19). The molecular formula is C15H14BrNO2S. The third kappa shape index (κ3) is 3.77. The van der Waals surface area contributed by atoms with Crippen molar-refractivity contribution in [3.63, 3.8) is 0 Å². The number of carboxylic acid groups (broad SMARTS) is 1. The molecule has 2 aromatic carbocycles. The predicted molar refractivity (Wildman–Crippen MR) is 86.7 cm³/mol. The van der Waals surface area contributed by atoms with E-state index in [1.807, 2.05) is 24.5 Å². The second-order valence-electron chi connectivity index (χ2n) is 4.19. The highest BCUT2D eigenvalue weighted by molar-refractivity contribution is 9.10.